The molecule has 0 aromatic heterocycles. The number of carboxylic acid groups (broad SMARTS) is 1. The summed E-state index contributed by atoms with van der Waals surface area (Å²) in [6, 6.07) is 26.3. The lowest BCUT2D eigenvalue weighted by molar-refractivity contribution is -0.139. The highest BCUT2D eigenvalue weighted by Crippen LogP contribution is 2.31. The van der Waals surface area contributed by atoms with Gasteiger partial charge in [0.25, 0.3) is 5.91 Å². The van der Waals surface area contributed by atoms with Crippen molar-refractivity contribution in [2.75, 3.05) is 0 Å². The van der Waals surface area contributed by atoms with Gasteiger partial charge >= 0.3 is 12.1 Å². The SMILES string of the molecule is O=C(N[C@H](Cc1ccc(OCc2ccccc2)c(OCc2ccccc2)c1)C(=O)O)c1cccc(C(F)(F)F)c1. The Morgan fingerprint density at radius 2 is 1.32 bits per heavy atom. The van der Waals surface area contributed by atoms with Crippen LogP contribution in [0.25, 0.3) is 0 Å². The number of benzene rings is 4. The molecule has 0 radical (unpaired) electrons. The molecule has 0 saturated carbocycles. The molecule has 0 heterocycles. The van der Waals surface area contributed by atoms with Gasteiger partial charge in [-0.2, -0.15) is 13.2 Å². The first-order chi connectivity index (χ1) is 19.2. The van der Waals surface area contributed by atoms with Crippen molar-refractivity contribution in [3.05, 3.63) is 131 Å². The number of ether oxygens (including phenoxy) is 2. The van der Waals surface area contributed by atoms with Crippen LogP contribution >= 0.6 is 0 Å². The summed E-state index contributed by atoms with van der Waals surface area (Å²) in [5.41, 5.74) is 1.09. The zero-order valence-corrected chi connectivity index (χ0v) is 21.2. The number of carbonyl (C=O) groups excluding carboxylic acids is 1. The van der Waals surface area contributed by atoms with Crippen molar-refractivity contribution in [3.8, 4) is 11.5 Å². The Hall–Kier alpha value is -4.79. The quantitative estimate of drug-likeness (QED) is 0.230. The molecule has 0 bridgehead atoms. The minimum absolute atomic E-state index is 0.138. The summed E-state index contributed by atoms with van der Waals surface area (Å²) in [4.78, 5) is 24.6. The molecule has 2 N–H and O–H groups in total. The average Bonchev–Trinajstić information content (AvgIpc) is 2.95. The van der Waals surface area contributed by atoms with Crippen LogP contribution in [0.15, 0.2) is 103 Å². The molecule has 1 amide bonds. The molecular weight excluding hydrogens is 523 g/mol. The van der Waals surface area contributed by atoms with Crippen LogP contribution in [0.3, 0.4) is 0 Å². The lowest BCUT2D eigenvalue weighted by Gasteiger charge is -2.18. The van der Waals surface area contributed by atoms with Crippen LogP contribution in [0.2, 0.25) is 0 Å². The molecule has 4 aromatic carbocycles. The molecule has 4 rings (SSSR count). The Morgan fingerprint density at radius 3 is 1.90 bits per heavy atom. The number of carboxylic acids is 1. The van der Waals surface area contributed by atoms with E-state index in [4.69, 9.17) is 9.47 Å². The van der Waals surface area contributed by atoms with E-state index in [2.05, 4.69) is 5.32 Å². The van der Waals surface area contributed by atoms with Crippen molar-refractivity contribution in [2.45, 2.75) is 31.9 Å². The summed E-state index contributed by atoms with van der Waals surface area (Å²) in [5.74, 6) is -1.44. The van der Waals surface area contributed by atoms with Crippen molar-refractivity contribution < 1.29 is 37.3 Å². The second-order valence-electron chi connectivity index (χ2n) is 8.98. The molecule has 40 heavy (non-hydrogen) atoms. The van der Waals surface area contributed by atoms with Gasteiger partial charge in [-0.05, 0) is 47.0 Å². The Morgan fingerprint density at radius 1 is 0.725 bits per heavy atom. The molecule has 6 nitrogen and oxygen atoms in total. The van der Waals surface area contributed by atoms with Gasteiger partial charge in [0.2, 0.25) is 0 Å². The number of amides is 1. The average molecular weight is 550 g/mol. The minimum Gasteiger partial charge on any atom is -0.485 e. The molecule has 0 saturated heterocycles. The fourth-order valence-corrected chi connectivity index (χ4v) is 3.90. The second-order valence-corrected chi connectivity index (χ2v) is 8.98. The van der Waals surface area contributed by atoms with E-state index >= 15 is 0 Å². The van der Waals surface area contributed by atoms with E-state index in [0.717, 1.165) is 23.3 Å². The maximum Gasteiger partial charge on any atom is 0.416 e. The number of rotatable bonds is 11. The smallest absolute Gasteiger partial charge is 0.416 e. The van der Waals surface area contributed by atoms with Crippen LogP contribution in [-0.4, -0.2) is 23.0 Å². The first-order valence-electron chi connectivity index (χ1n) is 12.4. The van der Waals surface area contributed by atoms with Crippen molar-refractivity contribution >= 4 is 11.9 Å². The minimum atomic E-state index is -4.64. The normalized spacial score (nSPS) is 11.9. The summed E-state index contributed by atoms with van der Waals surface area (Å²) in [5, 5.41) is 12.1. The lowest BCUT2D eigenvalue weighted by Crippen LogP contribution is -2.42. The van der Waals surface area contributed by atoms with Gasteiger partial charge in [-0.3, -0.25) is 4.79 Å². The third-order valence-electron chi connectivity index (χ3n) is 5.98. The van der Waals surface area contributed by atoms with Crippen molar-refractivity contribution in [1.82, 2.24) is 5.32 Å². The summed E-state index contributed by atoms with van der Waals surface area (Å²) < 4.78 is 51.2. The lowest BCUT2D eigenvalue weighted by atomic mass is 10.0. The fraction of sp³-hybridized carbons (Fsp3) is 0.161. The van der Waals surface area contributed by atoms with Gasteiger partial charge < -0.3 is 19.9 Å². The topological polar surface area (TPSA) is 84.9 Å². The Labute approximate surface area is 229 Å². The van der Waals surface area contributed by atoms with Gasteiger partial charge in [-0.25, -0.2) is 4.79 Å². The molecule has 0 aliphatic rings. The van der Waals surface area contributed by atoms with E-state index in [1.54, 1.807) is 18.2 Å². The van der Waals surface area contributed by atoms with E-state index in [9.17, 15) is 27.9 Å². The summed E-state index contributed by atoms with van der Waals surface area (Å²) in [6.45, 7) is 0.521. The largest absolute Gasteiger partial charge is 0.485 e. The summed E-state index contributed by atoms with van der Waals surface area (Å²) in [7, 11) is 0. The molecular formula is C31H26F3NO5. The molecule has 0 aliphatic heterocycles. The molecule has 0 spiro atoms. The van der Waals surface area contributed by atoms with Crippen molar-refractivity contribution in [2.24, 2.45) is 0 Å². The van der Waals surface area contributed by atoms with Gasteiger partial charge in [0.15, 0.2) is 11.5 Å². The van der Waals surface area contributed by atoms with Gasteiger partial charge in [-0.1, -0.05) is 72.8 Å². The zero-order chi connectivity index (χ0) is 28.5. The first kappa shape index (κ1) is 28.2. The molecule has 0 aliphatic carbocycles. The summed E-state index contributed by atoms with van der Waals surface area (Å²) in [6.07, 6.45) is -4.77. The second kappa shape index (κ2) is 12.8. The molecule has 0 unspecified atom stereocenters. The maximum atomic E-state index is 13.1. The molecule has 4 aromatic rings. The highest BCUT2D eigenvalue weighted by atomic mass is 19.4. The van der Waals surface area contributed by atoms with Crippen LogP contribution in [-0.2, 0) is 30.6 Å². The summed E-state index contributed by atoms with van der Waals surface area (Å²) >= 11 is 0. The third-order valence-corrected chi connectivity index (χ3v) is 5.98. The van der Waals surface area contributed by atoms with Gasteiger partial charge in [0.1, 0.15) is 19.3 Å². The van der Waals surface area contributed by atoms with E-state index < -0.39 is 29.7 Å². The van der Waals surface area contributed by atoms with E-state index in [-0.39, 0.29) is 25.2 Å². The third kappa shape index (κ3) is 7.86. The van der Waals surface area contributed by atoms with Crippen LogP contribution in [0.1, 0.15) is 32.6 Å². The molecule has 9 heteroatoms. The highest BCUT2D eigenvalue weighted by Gasteiger charge is 2.31. The Bertz CT molecular complexity index is 1440. The molecule has 0 fully saturated rings. The standard InChI is InChI=1S/C31H26F3NO5/c32-31(33,34)25-13-7-12-24(18-25)29(36)35-26(30(37)38)16-23-14-15-27(39-19-21-8-3-1-4-9-21)28(17-23)40-20-22-10-5-2-6-11-22/h1-15,17-18,26H,16,19-20H2,(H,35,36)(H,37,38)/t26-/m1/s1. The van der Waals surface area contributed by atoms with Gasteiger partial charge in [-0.15, -0.1) is 0 Å². The molecule has 206 valence electrons. The van der Waals surface area contributed by atoms with E-state index in [1.165, 1.54) is 6.07 Å². The highest BCUT2D eigenvalue weighted by molar-refractivity contribution is 5.96. The van der Waals surface area contributed by atoms with Crippen LogP contribution in [0.4, 0.5) is 13.2 Å². The van der Waals surface area contributed by atoms with Gasteiger partial charge in [0, 0.05) is 12.0 Å². The number of nitrogens with one attached hydrogen (secondary N) is 1. The monoisotopic (exact) mass is 549 g/mol. The number of alkyl halides is 3. The van der Waals surface area contributed by atoms with Crippen molar-refractivity contribution in [3.63, 3.8) is 0 Å². The fourth-order valence-electron chi connectivity index (χ4n) is 3.90. The zero-order valence-electron chi connectivity index (χ0n) is 21.2. The van der Waals surface area contributed by atoms with Crippen LogP contribution < -0.4 is 14.8 Å². The maximum absolute atomic E-state index is 13.1. The van der Waals surface area contributed by atoms with Gasteiger partial charge in [0.05, 0.1) is 5.56 Å². The molecule has 1 atom stereocenters. The van der Waals surface area contributed by atoms with Crippen LogP contribution in [0, 0.1) is 0 Å². The van der Waals surface area contributed by atoms with Crippen molar-refractivity contribution in [1.29, 1.82) is 0 Å². The predicted molar refractivity (Wildman–Crippen MR) is 142 cm³/mol. The predicted octanol–water partition coefficient (Wildman–Crippen LogP) is 6.29. The van der Waals surface area contributed by atoms with Crippen LogP contribution in [0.5, 0.6) is 11.5 Å². The number of aliphatic carboxylic acids is 1. The number of hydrogen-bond acceptors (Lipinski definition) is 4. The Balaban J connectivity index is 1.52. The number of carbonyl (C=O) groups is 2. The number of halogens is 3. The Kier molecular flexibility index (Phi) is 9.06. The first-order valence-corrected chi connectivity index (χ1v) is 12.4. The van der Waals surface area contributed by atoms with E-state index in [1.807, 2.05) is 60.7 Å². The van der Waals surface area contributed by atoms with E-state index in [0.29, 0.717) is 23.1 Å². The number of hydrogen-bond donors (Lipinski definition) is 2.